The molecule has 7 N–H and O–H groups in total. The van der Waals surface area contributed by atoms with Gasteiger partial charge in [0.2, 0.25) is 0 Å². The van der Waals surface area contributed by atoms with E-state index in [1.54, 1.807) is 0 Å². The quantitative estimate of drug-likeness (QED) is 0.252. The molecule has 2 aromatic heterocycles. The van der Waals surface area contributed by atoms with Gasteiger partial charge in [-0.3, -0.25) is 9.32 Å². The predicted octanol–water partition coefficient (Wildman–Crippen LogP) is -1.71. The molecule has 0 radical (unpaired) electrons. The zero-order valence-corrected chi connectivity index (χ0v) is 14.5. The molecule has 12 nitrogen and oxygen atoms in total. The SMILES string of the molecule is Nc1cc2c(ncn2C2OC(OC(P)OP(O)O)C(O)C2O)c(=O)[nH]1. The Balaban J connectivity index is 1.85. The lowest BCUT2D eigenvalue weighted by atomic mass is 10.2. The third-order valence-electron chi connectivity index (χ3n) is 3.53. The number of rotatable bonds is 5. The van der Waals surface area contributed by atoms with Crippen molar-refractivity contribution >= 4 is 34.7 Å². The molecule has 1 aliphatic rings. The first-order chi connectivity index (χ1) is 11.8. The average molecular weight is 394 g/mol. The Hall–Kier alpha value is -1.20. The summed E-state index contributed by atoms with van der Waals surface area (Å²) in [7, 11) is -0.646. The van der Waals surface area contributed by atoms with Crippen LogP contribution < -0.4 is 11.3 Å². The van der Waals surface area contributed by atoms with Crippen LogP contribution in [0.3, 0.4) is 0 Å². The number of H-pyrrole nitrogens is 1. The number of hydrogen-bond acceptors (Lipinski definition) is 10. The van der Waals surface area contributed by atoms with Crippen molar-refractivity contribution in [2.45, 2.75) is 30.8 Å². The number of nitrogens with one attached hydrogen (secondary N) is 1. The number of aromatic amines is 1. The van der Waals surface area contributed by atoms with Crippen LogP contribution in [0.4, 0.5) is 5.82 Å². The van der Waals surface area contributed by atoms with Crippen LogP contribution in [0.2, 0.25) is 0 Å². The van der Waals surface area contributed by atoms with Crippen molar-refractivity contribution in [3.8, 4) is 0 Å². The van der Waals surface area contributed by atoms with Gasteiger partial charge < -0.3 is 44.8 Å². The standard InChI is InChI=1S/C11H16N4O8P2/c12-4-1-3-5(8(18)14-4)13-2-15(3)9-6(16)7(17)10(21-9)22-11(24)23-25(19)20/h1-2,6-7,9-11,16-17,19-20H,24H2,(H3,12,14,18). The Labute approximate surface area is 143 Å². The molecular formula is C11H16N4O8P2. The minimum absolute atomic E-state index is 0.0855. The van der Waals surface area contributed by atoms with Crippen LogP contribution in [-0.4, -0.2) is 59.1 Å². The lowest BCUT2D eigenvalue weighted by molar-refractivity contribution is -0.214. The molecular weight excluding hydrogens is 378 g/mol. The zero-order chi connectivity index (χ0) is 18.3. The fourth-order valence-electron chi connectivity index (χ4n) is 2.49. The summed E-state index contributed by atoms with van der Waals surface area (Å²) in [6, 6.07) is 0.247. The third-order valence-corrected chi connectivity index (χ3v) is 4.45. The monoisotopic (exact) mass is 394 g/mol. The highest BCUT2D eigenvalue weighted by atomic mass is 31.2. The second kappa shape index (κ2) is 7.20. The van der Waals surface area contributed by atoms with Gasteiger partial charge in [-0.2, -0.15) is 0 Å². The molecule has 1 saturated heterocycles. The highest BCUT2D eigenvalue weighted by Gasteiger charge is 2.45. The molecule has 138 valence electrons. The number of nitrogens with zero attached hydrogens (tertiary/aromatic N) is 2. The molecule has 0 aromatic carbocycles. The molecule has 0 spiro atoms. The first-order valence-electron chi connectivity index (χ1n) is 6.90. The Morgan fingerprint density at radius 1 is 1.44 bits per heavy atom. The molecule has 1 fully saturated rings. The van der Waals surface area contributed by atoms with E-state index in [1.807, 2.05) is 9.24 Å². The van der Waals surface area contributed by atoms with E-state index in [0.29, 0.717) is 5.52 Å². The summed E-state index contributed by atoms with van der Waals surface area (Å²) in [5.74, 6) is 0.0951. The van der Waals surface area contributed by atoms with E-state index in [4.69, 9.17) is 25.0 Å². The summed E-state index contributed by atoms with van der Waals surface area (Å²) < 4.78 is 16.6. The van der Waals surface area contributed by atoms with Crippen molar-refractivity contribution in [2.75, 3.05) is 5.73 Å². The lowest BCUT2D eigenvalue weighted by Gasteiger charge is -2.20. The van der Waals surface area contributed by atoms with E-state index < -0.39 is 44.9 Å². The number of aliphatic hydroxyl groups is 2. The Morgan fingerprint density at radius 2 is 2.16 bits per heavy atom. The highest BCUT2D eigenvalue weighted by Crippen LogP contribution is 2.35. The van der Waals surface area contributed by atoms with Crippen molar-refractivity contribution < 1.29 is 34.0 Å². The van der Waals surface area contributed by atoms with Gasteiger partial charge in [-0.1, -0.05) is 9.24 Å². The average Bonchev–Trinajstić information content (AvgIpc) is 3.03. The smallest absolute Gasteiger partial charge is 0.329 e. The molecule has 3 rings (SSSR count). The van der Waals surface area contributed by atoms with Gasteiger partial charge in [0.25, 0.3) is 5.56 Å². The van der Waals surface area contributed by atoms with E-state index in [2.05, 4.69) is 14.5 Å². The number of fused-ring (bicyclic) bond motifs is 1. The highest BCUT2D eigenvalue weighted by molar-refractivity contribution is 7.39. The van der Waals surface area contributed by atoms with Gasteiger partial charge in [-0.05, 0) is 0 Å². The number of ether oxygens (including phenoxy) is 2. The van der Waals surface area contributed by atoms with Crippen LogP contribution in [-0.2, 0) is 14.0 Å². The third kappa shape index (κ3) is 3.68. The summed E-state index contributed by atoms with van der Waals surface area (Å²) in [5, 5.41) is 20.3. The first-order valence-corrected chi connectivity index (χ1v) is 8.73. The van der Waals surface area contributed by atoms with Gasteiger partial charge in [0.05, 0.1) is 11.8 Å². The molecule has 3 heterocycles. The fourth-order valence-corrected chi connectivity index (χ4v) is 3.20. The summed E-state index contributed by atoms with van der Waals surface area (Å²) in [4.78, 5) is 35.7. The first kappa shape index (κ1) is 18.6. The molecule has 25 heavy (non-hydrogen) atoms. The molecule has 0 saturated carbocycles. The van der Waals surface area contributed by atoms with Crippen molar-refractivity contribution in [3.63, 3.8) is 0 Å². The number of nitrogen functional groups attached to an aromatic ring is 1. The van der Waals surface area contributed by atoms with E-state index in [-0.39, 0.29) is 11.3 Å². The lowest BCUT2D eigenvalue weighted by Crippen LogP contribution is -2.34. The van der Waals surface area contributed by atoms with Gasteiger partial charge in [-0.15, -0.1) is 0 Å². The van der Waals surface area contributed by atoms with Crippen molar-refractivity contribution in [1.82, 2.24) is 14.5 Å². The van der Waals surface area contributed by atoms with E-state index in [9.17, 15) is 15.0 Å². The minimum atomic E-state index is -2.68. The van der Waals surface area contributed by atoms with Gasteiger partial charge in [0, 0.05) is 6.07 Å². The van der Waals surface area contributed by atoms with Gasteiger partial charge in [-0.25, -0.2) is 4.98 Å². The van der Waals surface area contributed by atoms with Crippen molar-refractivity contribution in [1.29, 1.82) is 0 Å². The Morgan fingerprint density at radius 3 is 2.84 bits per heavy atom. The summed E-state index contributed by atoms with van der Waals surface area (Å²) in [6.45, 7) is 0. The molecule has 0 aliphatic carbocycles. The normalized spacial score (nSPS) is 28.1. The number of hydrogen-bond donors (Lipinski definition) is 6. The second-order valence-electron chi connectivity index (χ2n) is 5.18. The van der Waals surface area contributed by atoms with E-state index in [0.717, 1.165) is 0 Å². The summed E-state index contributed by atoms with van der Waals surface area (Å²) >= 11 is 0. The molecule has 6 unspecified atom stereocenters. The molecule has 14 heteroatoms. The van der Waals surface area contributed by atoms with Crippen LogP contribution in [0.1, 0.15) is 6.23 Å². The van der Waals surface area contributed by atoms with Gasteiger partial charge >= 0.3 is 8.60 Å². The molecule has 2 aromatic rings. The predicted molar refractivity (Wildman–Crippen MR) is 87.7 cm³/mol. The number of aliphatic hydroxyl groups excluding tert-OH is 2. The number of aromatic nitrogens is 3. The van der Waals surface area contributed by atoms with Gasteiger partial charge in [0.1, 0.15) is 18.0 Å². The number of pyridine rings is 1. The van der Waals surface area contributed by atoms with Crippen LogP contribution in [0.25, 0.3) is 11.0 Å². The maximum atomic E-state index is 11.8. The fraction of sp³-hybridized carbons (Fsp3) is 0.455. The number of anilines is 1. The van der Waals surface area contributed by atoms with Crippen molar-refractivity contribution in [3.05, 3.63) is 22.7 Å². The van der Waals surface area contributed by atoms with E-state index >= 15 is 0 Å². The topological polar surface area (TPSA) is 185 Å². The molecule has 0 amide bonds. The van der Waals surface area contributed by atoms with Crippen LogP contribution >= 0.6 is 17.8 Å². The second-order valence-corrected chi connectivity index (χ2v) is 6.44. The zero-order valence-electron chi connectivity index (χ0n) is 12.5. The van der Waals surface area contributed by atoms with Crippen molar-refractivity contribution in [2.24, 2.45) is 0 Å². The van der Waals surface area contributed by atoms with Crippen LogP contribution in [0.15, 0.2) is 17.2 Å². The minimum Gasteiger partial charge on any atom is -0.385 e. The molecule has 6 atom stereocenters. The molecule has 1 aliphatic heterocycles. The summed E-state index contributed by atoms with van der Waals surface area (Å²) in [6.07, 6.45) is -4.05. The number of imidazole rings is 1. The van der Waals surface area contributed by atoms with Gasteiger partial charge in [0.15, 0.2) is 24.1 Å². The van der Waals surface area contributed by atoms with E-state index in [1.165, 1.54) is 17.0 Å². The summed E-state index contributed by atoms with van der Waals surface area (Å²) in [5.41, 5.74) is 5.49. The Kier molecular flexibility index (Phi) is 5.35. The maximum absolute atomic E-state index is 11.8. The van der Waals surface area contributed by atoms with Crippen LogP contribution in [0, 0.1) is 0 Å². The Bertz CT molecular complexity index is 813. The largest absolute Gasteiger partial charge is 0.385 e. The number of nitrogens with two attached hydrogens (primary N) is 1. The maximum Gasteiger partial charge on any atom is 0.329 e. The molecule has 0 bridgehead atoms. The van der Waals surface area contributed by atoms with Crippen LogP contribution in [0.5, 0.6) is 0 Å².